The molecule has 26 heavy (non-hydrogen) atoms. The Morgan fingerprint density at radius 1 is 1.31 bits per heavy atom. The summed E-state index contributed by atoms with van der Waals surface area (Å²) >= 11 is 1.28. The molecule has 3 aromatic rings. The van der Waals surface area contributed by atoms with E-state index in [4.69, 9.17) is 10.5 Å². The molecule has 11 heteroatoms. The first-order valence-electron chi connectivity index (χ1n) is 7.79. The van der Waals surface area contributed by atoms with Crippen molar-refractivity contribution in [3.8, 4) is 5.88 Å². The van der Waals surface area contributed by atoms with Crippen LogP contribution in [0.15, 0.2) is 23.6 Å². The molecular formula is C15H18N8O2S. The Kier molecular flexibility index (Phi) is 5.16. The minimum absolute atomic E-state index is 0.0137. The lowest BCUT2D eigenvalue weighted by Gasteiger charge is -2.19. The second kappa shape index (κ2) is 7.52. The fourth-order valence-electron chi connectivity index (χ4n) is 2.22. The van der Waals surface area contributed by atoms with Crippen molar-refractivity contribution in [3.63, 3.8) is 0 Å². The van der Waals surface area contributed by atoms with E-state index < -0.39 is 5.25 Å². The number of amides is 1. The van der Waals surface area contributed by atoms with Gasteiger partial charge in [-0.2, -0.15) is 9.97 Å². The highest BCUT2D eigenvalue weighted by Crippen LogP contribution is 2.31. The molecule has 0 bridgehead atoms. The van der Waals surface area contributed by atoms with Gasteiger partial charge in [0.25, 0.3) is 0 Å². The number of nitrogens with zero attached hydrogens (tertiary/aromatic N) is 5. The molecule has 1 atom stereocenters. The van der Waals surface area contributed by atoms with Crippen LogP contribution in [0.2, 0.25) is 0 Å². The first kappa shape index (κ1) is 17.9. The zero-order chi connectivity index (χ0) is 18.7. The van der Waals surface area contributed by atoms with Gasteiger partial charge >= 0.3 is 0 Å². The average molecular weight is 374 g/mol. The van der Waals surface area contributed by atoms with Crippen LogP contribution in [0.3, 0.4) is 0 Å². The second-order valence-electron chi connectivity index (χ2n) is 5.68. The molecule has 136 valence electrons. The Bertz CT molecular complexity index is 929. The van der Waals surface area contributed by atoms with E-state index in [0.717, 1.165) is 0 Å². The lowest BCUT2D eigenvalue weighted by atomic mass is 10.1. The predicted molar refractivity (Wildman–Crippen MR) is 97.8 cm³/mol. The van der Waals surface area contributed by atoms with Gasteiger partial charge in [0, 0.05) is 12.3 Å². The number of ether oxygens (including phenoxy) is 1. The SMILES string of the molecule is COc1ccnc(NC(=O)[C@H](Sc2nc(N)nc3nc[nH]c23)C(C)C)n1. The normalized spacial score (nSPS) is 12.3. The average Bonchev–Trinajstić information content (AvgIpc) is 3.07. The molecular weight excluding hydrogens is 356 g/mol. The van der Waals surface area contributed by atoms with Gasteiger partial charge < -0.3 is 15.5 Å². The number of fused-ring (bicyclic) bond motifs is 1. The molecule has 0 spiro atoms. The third-order valence-electron chi connectivity index (χ3n) is 3.45. The van der Waals surface area contributed by atoms with Gasteiger partial charge in [0.15, 0.2) is 5.65 Å². The van der Waals surface area contributed by atoms with Gasteiger partial charge in [0.1, 0.15) is 10.5 Å². The fraction of sp³-hybridized carbons (Fsp3) is 0.333. The van der Waals surface area contributed by atoms with E-state index in [-0.39, 0.29) is 23.7 Å². The molecule has 0 unspecified atom stereocenters. The number of nitrogen functional groups attached to an aromatic ring is 1. The van der Waals surface area contributed by atoms with Crippen LogP contribution in [-0.2, 0) is 4.79 Å². The van der Waals surface area contributed by atoms with Crippen LogP contribution in [0.4, 0.5) is 11.9 Å². The van der Waals surface area contributed by atoms with Crippen LogP contribution in [0, 0.1) is 5.92 Å². The number of carbonyl (C=O) groups excluding carboxylic acids is 1. The standard InChI is InChI=1S/C15H18N8O2S/c1-7(2)10(12(24)22-15-17-5-4-8(20-15)25-3)26-13-9-11(19-6-18-9)21-14(16)23-13/h4-7,10H,1-3H3,(H,17,20,22,24)(H3,16,18,19,21,23)/t10-/m1/s1. The van der Waals surface area contributed by atoms with Crippen molar-refractivity contribution in [1.29, 1.82) is 0 Å². The van der Waals surface area contributed by atoms with Gasteiger partial charge in [-0.25, -0.2) is 15.0 Å². The number of methoxy groups -OCH3 is 1. The third-order valence-corrected chi connectivity index (χ3v) is 4.98. The van der Waals surface area contributed by atoms with Crippen molar-refractivity contribution >= 4 is 40.7 Å². The van der Waals surface area contributed by atoms with E-state index in [1.807, 2.05) is 13.8 Å². The molecule has 0 saturated carbocycles. The molecule has 3 aromatic heterocycles. The fourth-order valence-corrected chi connectivity index (χ4v) is 3.31. The molecule has 3 heterocycles. The van der Waals surface area contributed by atoms with Crippen LogP contribution in [-0.4, -0.2) is 48.2 Å². The lowest BCUT2D eigenvalue weighted by Crippen LogP contribution is -2.30. The molecule has 0 fully saturated rings. The summed E-state index contributed by atoms with van der Waals surface area (Å²) in [6.45, 7) is 3.89. The minimum atomic E-state index is -0.453. The van der Waals surface area contributed by atoms with Crippen molar-refractivity contribution in [2.75, 3.05) is 18.2 Å². The minimum Gasteiger partial charge on any atom is -0.481 e. The highest BCUT2D eigenvalue weighted by molar-refractivity contribution is 8.00. The van der Waals surface area contributed by atoms with Crippen LogP contribution in [0.1, 0.15) is 13.8 Å². The van der Waals surface area contributed by atoms with E-state index in [9.17, 15) is 4.79 Å². The molecule has 1 amide bonds. The quantitative estimate of drug-likeness (QED) is 0.431. The van der Waals surface area contributed by atoms with Crippen LogP contribution in [0.25, 0.3) is 11.2 Å². The molecule has 0 aliphatic heterocycles. The number of nitrogens with two attached hydrogens (primary N) is 1. The number of aromatic nitrogens is 6. The Labute approximate surface area is 153 Å². The van der Waals surface area contributed by atoms with E-state index in [1.165, 1.54) is 31.4 Å². The number of rotatable bonds is 6. The monoisotopic (exact) mass is 374 g/mol. The number of imidazole rings is 1. The largest absolute Gasteiger partial charge is 0.481 e. The maximum absolute atomic E-state index is 12.8. The molecule has 4 N–H and O–H groups in total. The highest BCUT2D eigenvalue weighted by Gasteiger charge is 2.26. The van der Waals surface area contributed by atoms with Gasteiger partial charge in [0.05, 0.1) is 18.7 Å². The van der Waals surface area contributed by atoms with Gasteiger partial charge in [-0.3, -0.25) is 10.1 Å². The summed E-state index contributed by atoms with van der Waals surface area (Å²) in [6.07, 6.45) is 3.02. The van der Waals surface area contributed by atoms with Gasteiger partial charge in [-0.05, 0) is 5.92 Å². The first-order chi connectivity index (χ1) is 12.5. The molecule has 0 aromatic carbocycles. The van der Waals surface area contributed by atoms with Crippen molar-refractivity contribution < 1.29 is 9.53 Å². The summed E-state index contributed by atoms with van der Waals surface area (Å²) in [6, 6.07) is 1.60. The van der Waals surface area contributed by atoms with E-state index in [2.05, 4.69) is 35.2 Å². The topological polar surface area (TPSA) is 145 Å². The maximum Gasteiger partial charge on any atom is 0.240 e. The number of hydrogen-bond acceptors (Lipinski definition) is 9. The van der Waals surface area contributed by atoms with E-state index >= 15 is 0 Å². The zero-order valence-corrected chi connectivity index (χ0v) is 15.2. The molecule has 0 aliphatic rings. The van der Waals surface area contributed by atoms with Gasteiger partial charge in [-0.15, -0.1) is 0 Å². The van der Waals surface area contributed by atoms with E-state index in [1.54, 1.807) is 6.07 Å². The zero-order valence-electron chi connectivity index (χ0n) is 14.4. The second-order valence-corrected chi connectivity index (χ2v) is 6.81. The third kappa shape index (κ3) is 3.82. The Hall–Kier alpha value is -2.95. The molecule has 0 aliphatic carbocycles. The van der Waals surface area contributed by atoms with Crippen LogP contribution >= 0.6 is 11.8 Å². The number of thioether (sulfide) groups is 1. The Morgan fingerprint density at radius 2 is 2.12 bits per heavy atom. The first-order valence-corrected chi connectivity index (χ1v) is 8.67. The Balaban J connectivity index is 1.84. The number of anilines is 2. The summed E-state index contributed by atoms with van der Waals surface area (Å²) < 4.78 is 5.04. The summed E-state index contributed by atoms with van der Waals surface area (Å²) in [5.41, 5.74) is 6.84. The number of H-pyrrole nitrogens is 1. The van der Waals surface area contributed by atoms with Crippen LogP contribution in [0.5, 0.6) is 5.88 Å². The van der Waals surface area contributed by atoms with Crippen molar-refractivity contribution in [2.24, 2.45) is 5.92 Å². The number of carbonyl (C=O) groups is 1. The molecule has 10 nitrogen and oxygen atoms in total. The van der Waals surface area contributed by atoms with Crippen LogP contribution < -0.4 is 15.8 Å². The Morgan fingerprint density at radius 3 is 2.85 bits per heavy atom. The maximum atomic E-state index is 12.8. The summed E-state index contributed by atoms with van der Waals surface area (Å²) in [4.78, 5) is 36.3. The number of aromatic amines is 1. The lowest BCUT2D eigenvalue weighted by molar-refractivity contribution is -0.116. The predicted octanol–water partition coefficient (Wildman–Crippen LogP) is 1.49. The molecule has 0 radical (unpaired) electrons. The van der Waals surface area contributed by atoms with Gasteiger partial charge in [-0.1, -0.05) is 25.6 Å². The van der Waals surface area contributed by atoms with Crippen molar-refractivity contribution in [1.82, 2.24) is 29.9 Å². The number of hydrogen-bond donors (Lipinski definition) is 3. The molecule has 3 rings (SSSR count). The number of nitrogens with one attached hydrogen (secondary N) is 2. The summed E-state index contributed by atoms with van der Waals surface area (Å²) in [7, 11) is 1.50. The molecule has 0 saturated heterocycles. The summed E-state index contributed by atoms with van der Waals surface area (Å²) in [5.74, 6) is 0.412. The van der Waals surface area contributed by atoms with Gasteiger partial charge in [0.2, 0.25) is 23.7 Å². The highest BCUT2D eigenvalue weighted by atomic mass is 32.2. The van der Waals surface area contributed by atoms with Crippen molar-refractivity contribution in [2.45, 2.75) is 24.1 Å². The van der Waals surface area contributed by atoms with E-state index in [0.29, 0.717) is 22.1 Å². The smallest absolute Gasteiger partial charge is 0.240 e. The summed E-state index contributed by atoms with van der Waals surface area (Å²) in [5, 5.41) is 2.82. The van der Waals surface area contributed by atoms with Crippen molar-refractivity contribution in [3.05, 3.63) is 18.6 Å².